The first kappa shape index (κ1) is 25.0. The van der Waals surface area contributed by atoms with Crippen molar-refractivity contribution >= 4 is 41.1 Å². The molecule has 6 nitrogen and oxygen atoms in total. The molecule has 0 spiro atoms. The SMILES string of the molecule is CC(C)CN1CCN(CCN2CCN(C(=O)/C=C/c3ccc(Cl)c(Cl)c3)CCC2=O)CC1. The van der Waals surface area contributed by atoms with Gasteiger partial charge in [0.05, 0.1) is 10.0 Å². The summed E-state index contributed by atoms with van der Waals surface area (Å²) < 4.78 is 0. The lowest BCUT2D eigenvalue weighted by molar-refractivity contribution is -0.130. The van der Waals surface area contributed by atoms with E-state index in [4.69, 9.17) is 23.2 Å². The normalized spacial score (nSPS) is 19.2. The Balaban J connectivity index is 1.45. The molecule has 0 saturated carbocycles. The Morgan fingerprint density at radius 2 is 1.69 bits per heavy atom. The first-order valence-corrected chi connectivity index (χ1v) is 12.2. The summed E-state index contributed by atoms with van der Waals surface area (Å²) in [6.07, 6.45) is 3.64. The van der Waals surface area contributed by atoms with Crippen LogP contribution >= 0.6 is 23.2 Å². The van der Waals surface area contributed by atoms with Crippen LogP contribution in [-0.4, -0.2) is 96.9 Å². The number of benzene rings is 1. The Morgan fingerprint density at radius 1 is 0.969 bits per heavy atom. The molecule has 0 N–H and O–H groups in total. The molecular weight excluding hydrogens is 447 g/mol. The molecule has 0 unspecified atom stereocenters. The van der Waals surface area contributed by atoms with Gasteiger partial charge in [-0.3, -0.25) is 14.5 Å². The van der Waals surface area contributed by atoms with Crippen molar-refractivity contribution in [1.82, 2.24) is 19.6 Å². The van der Waals surface area contributed by atoms with E-state index in [-0.39, 0.29) is 11.8 Å². The number of halogens is 2. The number of amides is 2. The number of rotatable bonds is 7. The van der Waals surface area contributed by atoms with Crippen LogP contribution in [0.4, 0.5) is 0 Å². The van der Waals surface area contributed by atoms with Gasteiger partial charge < -0.3 is 14.7 Å². The van der Waals surface area contributed by atoms with E-state index in [1.54, 1.807) is 23.1 Å². The summed E-state index contributed by atoms with van der Waals surface area (Å²) in [7, 11) is 0. The fourth-order valence-electron chi connectivity index (χ4n) is 4.19. The van der Waals surface area contributed by atoms with Gasteiger partial charge in [-0.05, 0) is 29.7 Å². The smallest absolute Gasteiger partial charge is 0.246 e. The third kappa shape index (κ3) is 7.48. The molecule has 0 aromatic heterocycles. The highest BCUT2D eigenvalue weighted by molar-refractivity contribution is 6.42. The van der Waals surface area contributed by atoms with Crippen LogP contribution in [0.15, 0.2) is 24.3 Å². The average Bonchev–Trinajstić information content (AvgIpc) is 2.95. The van der Waals surface area contributed by atoms with E-state index in [1.807, 2.05) is 11.0 Å². The van der Waals surface area contributed by atoms with Gasteiger partial charge in [0.15, 0.2) is 0 Å². The summed E-state index contributed by atoms with van der Waals surface area (Å²) >= 11 is 12.0. The van der Waals surface area contributed by atoms with E-state index in [9.17, 15) is 9.59 Å². The van der Waals surface area contributed by atoms with Gasteiger partial charge in [-0.1, -0.05) is 43.1 Å². The van der Waals surface area contributed by atoms with Crippen LogP contribution in [0.2, 0.25) is 10.0 Å². The fraction of sp³-hybridized carbons (Fsp3) is 0.583. The standard InChI is InChI=1S/C24H34Cl2N4O2/c1-19(2)18-28-11-9-27(10-12-28)13-14-30-16-15-29(8-7-24(30)32)23(31)6-4-20-3-5-21(25)22(26)17-20/h3-6,17,19H,7-16,18H2,1-2H3/b6-4+. The van der Waals surface area contributed by atoms with Gasteiger partial charge in [0.25, 0.3) is 0 Å². The second-order valence-electron chi connectivity index (χ2n) is 9.00. The molecule has 2 amide bonds. The summed E-state index contributed by atoms with van der Waals surface area (Å²) in [5.74, 6) is 0.736. The maximum absolute atomic E-state index is 12.6. The van der Waals surface area contributed by atoms with E-state index in [0.717, 1.165) is 51.4 Å². The van der Waals surface area contributed by atoms with Crippen molar-refractivity contribution < 1.29 is 9.59 Å². The summed E-state index contributed by atoms with van der Waals surface area (Å²) in [6.45, 7) is 13.2. The molecule has 2 saturated heterocycles. The second-order valence-corrected chi connectivity index (χ2v) is 9.81. The Kier molecular flexibility index (Phi) is 9.41. The molecule has 2 heterocycles. The number of hydrogen-bond donors (Lipinski definition) is 0. The molecule has 2 aliphatic heterocycles. The summed E-state index contributed by atoms with van der Waals surface area (Å²) in [5, 5.41) is 0.942. The maximum atomic E-state index is 12.6. The lowest BCUT2D eigenvalue weighted by Gasteiger charge is -2.36. The first-order chi connectivity index (χ1) is 15.3. The van der Waals surface area contributed by atoms with Crippen molar-refractivity contribution in [2.45, 2.75) is 20.3 Å². The minimum absolute atomic E-state index is 0.0907. The van der Waals surface area contributed by atoms with E-state index < -0.39 is 0 Å². The molecule has 2 fully saturated rings. The van der Waals surface area contributed by atoms with E-state index in [0.29, 0.717) is 42.0 Å². The topological polar surface area (TPSA) is 47.1 Å². The first-order valence-electron chi connectivity index (χ1n) is 11.5. The van der Waals surface area contributed by atoms with Crippen molar-refractivity contribution in [3.05, 3.63) is 39.9 Å². The minimum Gasteiger partial charge on any atom is -0.340 e. The number of piperazine rings is 1. The molecule has 1 aromatic carbocycles. The largest absolute Gasteiger partial charge is 0.340 e. The maximum Gasteiger partial charge on any atom is 0.246 e. The molecule has 1 aromatic rings. The molecule has 0 atom stereocenters. The van der Waals surface area contributed by atoms with Gasteiger partial charge in [0, 0.05) is 77.9 Å². The molecule has 0 bridgehead atoms. The summed E-state index contributed by atoms with van der Waals surface area (Å²) in [5.41, 5.74) is 0.814. The Labute approximate surface area is 201 Å². The minimum atomic E-state index is -0.0907. The van der Waals surface area contributed by atoms with Crippen molar-refractivity contribution in [1.29, 1.82) is 0 Å². The third-order valence-corrected chi connectivity index (χ3v) is 6.78. The molecular formula is C24H34Cl2N4O2. The number of hydrogen-bond acceptors (Lipinski definition) is 4. The van der Waals surface area contributed by atoms with E-state index in [2.05, 4.69) is 23.6 Å². The predicted octanol–water partition coefficient (Wildman–Crippen LogP) is 3.34. The highest BCUT2D eigenvalue weighted by Gasteiger charge is 2.24. The quantitative estimate of drug-likeness (QED) is 0.561. The van der Waals surface area contributed by atoms with Crippen LogP contribution < -0.4 is 0 Å². The van der Waals surface area contributed by atoms with Crippen LogP contribution in [0.5, 0.6) is 0 Å². The predicted molar refractivity (Wildman–Crippen MR) is 131 cm³/mol. The van der Waals surface area contributed by atoms with Gasteiger partial charge in [-0.2, -0.15) is 0 Å². The monoisotopic (exact) mass is 480 g/mol. The molecule has 32 heavy (non-hydrogen) atoms. The van der Waals surface area contributed by atoms with Crippen LogP contribution in [0.3, 0.4) is 0 Å². The zero-order chi connectivity index (χ0) is 23.1. The Bertz CT molecular complexity index is 822. The fourth-order valence-corrected chi connectivity index (χ4v) is 4.49. The van der Waals surface area contributed by atoms with Crippen LogP contribution in [-0.2, 0) is 9.59 Å². The zero-order valence-electron chi connectivity index (χ0n) is 19.1. The van der Waals surface area contributed by atoms with E-state index >= 15 is 0 Å². The summed E-state index contributed by atoms with van der Waals surface area (Å²) in [4.78, 5) is 33.9. The Hall–Kier alpha value is -1.60. The third-order valence-electron chi connectivity index (χ3n) is 6.04. The molecule has 3 rings (SSSR count). The van der Waals surface area contributed by atoms with Crippen LogP contribution in [0, 0.1) is 5.92 Å². The number of carbonyl (C=O) groups is 2. The van der Waals surface area contributed by atoms with Gasteiger partial charge >= 0.3 is 0 Å². The lowest BCUT2D eigenvalue weighted by atomic mass is 10.2. The molecule has 0 aliphatic carbocycles. The summed E-state index contributed by atoms with van der Waals surface area (Å²) in [6, 6.07) is 5.25. The number of carbonyl (C=O) groups excluding carboxylic acids is 2. The van der Waals surface area contributed by atoms with Crippen molar-refractivity contribution in [2.75, 3.05) is 65.4 Å². The molecule has 176 valence electrons. The highest BCUT2D eigenvalue weighted by Crippen LogP contribution is 2.23. The van der Waals surface area contributed by atoms with Gasteiger partial charge in [0.2, 0.25) is 11.8 Å². The van der Waals surface area contributed by atoms with Crippen LogP contribution in [0.25, 0.3) is 6.08 Å². The Morgan fingerprint density at radius 3 is 2.38 bits per heavy atom. The average molecular weight is 481 g/mol. The van der Waals surface area contributed by atoms with Gasteiger partial charge in [0.1, 0.15) is 0 Å². The lowest BCUT2D eigenvalue weighted by Crippen LogP contribution is -2.49. The highest BCUT2D eigenvalue weighted by atomic mass is 35.5. The van der Waals surface area contributed by atoms with Crippen molar-refractivity contribution in [3.63, 3.8) is 0 Å². The van der Waals surface area contributed by atoms with Crippen molar-refractivity contribution in [3.8, 4) is 0 Å². The van der Waals surface area contributed by atoms with E-state index in [1.165, 1.54) is 6.08 Å². The molecule has 8 heteroatoms. The second kappa shape index (κ2) is 12.0. The molecule has 2 aliphatic rings. The zero-order valence-corrected chi connectivity index (χ0v) is 20.6. The van der Waals surface area contributed by atoms with Crippen LogP contribution in [0.1, 0.15) is 25.8 Å². The van der Waals surface area contributed by atoms with Crippen molar-refractivity contribution in [2.24, 2.45) is 5.92 Å². The molecule has 0 radical (unpaired) electrons. The number of nitrogens with zero attached hydrogens (tertiary/aromatic N) is 4. The van der Waals surface area contributed by atoms with Gasteiger partial charge in [-0.15, -0.1) is 0 Å². The van der Waals surface area contributed by atoms with Gasteiger partial charge in [-0.25, -0.2) is 0 Å².